The number of halogens is 1. The summed E-state index contributed by atoms with van der Waals surface area (Å²) in [6.07, 6.45) is 0.660. The lowest BCUT2D eigenvalue weighted by atomic mass is 10.1. The fraction of sp³-hybridized carbons (Fsp3) is 0.118. The minimum Gasteiger partial charge on any atom is -0.296 e. The number of aromatic nitrogens is 3. The summed E-state index contributed by atoms with van der Waals surface area (Å²) in [6.45, 7) is 4.00. The van der Waals surface area contributed by atoms with Gasteiger partial charge in [-0.15, -0.1) is 5.10 Å². The molecule has 1 heterocycles. The zero-order chi connectivity index (χ0) is 15.7. The Bertz CT molecular complexity index is 838. The van der Waals surface area contributed by atoms with Crippen molar-refractivity contribution < 1.29 is 9.18 Å². The van der Waals surface area contributed by atoms with Crippen molar-refractivity contribution in [3.05, 3.63) is 65.1 Å². The van der Waals surface area contributed by atoms with E-state index in [2.05, 4.69) is 10.3 Å². The largest absolute Gasteiger partial charge is 0.296 e. The zero-order valence-corrected chi connectivity index (χ0v) is 12.2. The topological polar surface area (TPSA) is 47.8 Å². The molecule has 0 atom stereocenters. The SMILES string of the molecule is Cc1cccc(-n2nnc(C=O)c2-c2ccc(F)cc2)c1C. The van der Waals surface area contributed by atoms with E-state index < -0.39 is 0 Å². The van der Waals surface area contributed by atoms with Crippen LogP contribution in [0.1, 0.15) is 21.6 Å². The van der Waals surface area contributed by atoms with Gasteiger partial charge in [0, 0.05) is 5.56 Å². The molecule has 4 nitrogen and oxygen atoms in total. The van der Waals surface area contributed by atoms with Crippen molar-refractivity contribution in [1.29, 1.82) is 0 Å². The van der Waals surface area contributed by atoms with Crippen LogP contribution >= 0.6 is 0 Å². The fourth-order valence-corrected chi connectivity index (χ4v) is 2.38. The second kappa shape index (κ2) is 5.52. The van der Waals surface area contributed by atoms with Gasteiger partial charge in [0.1, 0.15) is 11.5 Å². The third kappa shape index (κ3) is 2.30. The van der Waals surface area contributed by atoms with Crippen LogP contribution < -0.4 is 0 Å². The Morgan fingerprint density at radius 3 is 2.50 bits per heavy atom. The van der Waals surface area contributed by atoms with Crippen molar-refractivity contribution >= 4 is 6.29 Å². The molecule has 0 aliphatic carbocycles. The van der Waals surface area contributed by atoms with Gasteiger partial charge in [0.2, 0.25) is 0 Å². The molecule has 2 aromatic carbocycles. The van der Waals surface area contributed by atoms with Gasteiger partial charge in [0.15, 0.2) is 12.0 Å². The van der Waals surface area contributed by atoms with Crippen LogP contribution in [0.15, 0.2) is 42.5 Å². The molecule has 0 saturated heterocycles. The Balaban J connectivity index is 2.26. The maximum Gasteiger partial charge on any atom is 0.172 e. The normalized spacial score (nSPS) is 10.7. The molecule has 22 heavy (non-hydrogen) atoms. The highest BCUT2D eigenvalue weighted by molar-refractivity contribution is 5.84. The third-order valence-electron chi connectivity index (χ3n) is 3.73. The van der Waals surface area contributed by atoms with E-state index in [9.17, 15) is 9.18 Å². The van der Waals surface area contributed by atoms with Crippen LogP contribution in [0.3, 0.4) is 0 Å². The van der Waals surface area contributed by atoms with Gasteiger partial charge in [-0.2, -0.15) is 0 Å². The van der Waals surface area contributed by atoms with Crippen molar-refractivity contribution in [3.8, 4) is 16.9 Å². The molecule has 0 spiro atoms. The molecule has 0 fully saturated rings. The molecular weight excluding hydrogens is 281 g/mol. The summed E-state index contributed by atoms with van der Waals surface area (Å²) in [7, 11) is 0. The van der Waals surface area contributed by atoms with Gasteiger partial charge in [-0.05, 0) is 55.3 Å². The molecule has 3 rings (SSSR count). The summed E-state index contributed by atoms with van der Waals surface area (Å²) in [5, 5.41) is 8.03. The summed E-state index contributed by atoms with van der Waals surface area (Å²) in [5.41, 5.74) is 4.49. The second-order valence-electron chi connectivity index (χ2n) is 5.08. The van der Waals surface area contributed by atoms with E-state index in [0.717, 1.165) is 16.8 Å². The first-order valence-electron chi connectivity index (χ1n) is 6.85. The van der Waals surface area contributed by atoms with Crippen LogP contribution in [0.2, 0.25) is 0 Å². The summed E-state index contributed by atoms with van der Waals surface area (Å²) in [4.78, 5) is 11.3. The Kier molecular flexibility index (Phi) is 3.55. The summed E-state index contributed by atoms with van der Waals surface area (Å²) >= 11 is 0. The van der Waals surface area contributed by atoms with Crippen molar-refractivity contribution in [2.24, 2.45) is 0 Å². The monoisotopic (exact) mass is 295 g/mol. The summed E-state index contributed by atoms with van der Waals surface area (Å²) in [5.74, 6) is -0.331. The number of aldehydes is 1. The van der Waals surface area contributed by atoms with Crippen molar-refractivity contribution in [1.82, 2.24) is 15.0 Å². The van der Waals surface area contributed by atoms with E-state index in [1.165, 1.54) is 12.1 Å². The van der Waals surface area contributed by atoms with Gasteiger partial charge >= 0.3 is 0 Å². The Morgan fingerprint density at radius 1 is 1.09 bits per heavy atom. The van der Waals surface area contributed by atoms with Gasteiger partial charge in [-0.1, -0.05) is 17.3 Å². The number of hydrogen-bond acceptors (Lipinski definition) is 3. The van der Waals surface area contributed by atoms with Crippen LogP contribution in [-0.4, -0.2) is 21.3 Å². The van der Waals surface area contributed by atoms with E-state index in [-0.39, 0.29) is 11.5 Å². The fourth-order valence-electron chi connectivity index (χ4n) is 2.38. The number of carbonyl (C=O) groups excluding carboxylic acids is 1. The Morgan fingerprint density at radius 2 is 1.82 bits per heavy atom. The number of nitrogens with zero attached hydrogens (tertiary/aromatic N) is 3. The molecule has 0 radical (unpaired) electrons. The molecule has 0 bridgehead atoms. The Hall–Kier alpha value is -2.82. The first-order valence-corrected chi connectivity index (χ1v) is 6.85. The van der Waals surface area contributed by atoms with E-state index in [4.69, 9.17) is 0 Å². The van der Waals surface area contributed by atoms with Crippen molar-refractivity contribution in [2.45, 2.75) is 13.8 Å². The number of benzene rings is 2. The molecule has 0 aliphatic heterocycles. The average molecular weight is 295 g/mol. The summed E-state index contributed by atoms with van der Waals surface area (Å²) < 4.78 is 14.8. The van der Waals surface area contributed by atoms with Gasteiger partial charge < -0.3 is 0 Å². The second-order valence-corrected chi connectivity index (χ2v) is 5.08. The van der Waals surface area contributed by atoms with E-state index in [1.54, 1.807) is 16.8 Å². The predicted octanol–water partition coefficient (Wildman–Crippen LogP) is 3.50. The average Bonchev–Trinajstić information content (AvgIpc) is 2.94. The molecule has 110 valence electrons. The highest BCUT2D eigenvalue weighted by Crippen LogP contribution is 2.27. The molecule has 0 amide bonds. The zero-order valence-electron chi connectivity index (χ0n) is 12.2. The maximum atomic E-state index is 13.1. The minimum atomic E-state index is -0.331. The lowest BCUT2D eigenvalue weighted by molar-refractivity contribution is 0.111. The number of aryl methyl sites for hydroxylation is 1. The van der Waals surface area contributed by atoms with Crippen LogP contribution in [0.4, 0.5) is 4.39 Å². The van der Waals surface area contributed by atoms with Gasteiger partial charge in [0.25, 0.3) is 0 Å². The van der Waals surface area contributed by atoms with Crippen LogP contribution in [0, 0.1) is 19.7 Å². The molecule has 0 aliphatic rings. The van der Waals surface area contributed by atoms with Gasteiger partial charge in [-0.25, -0.2) is 9.07 Å². The highest BCUT2D eigenvalue weighted by Gasteiger charge is 2.17. The molecule has 0 unspecified atom stereocenters. The molecular formula is C17H14FN3O. The molecule has 0 N–H and O–H groups in total. The minimum absolute atomic E-state index is 0.229. The van der Waals surface area contributed by atoms with Crippen molar-refractivity contribution in [2.75, 3.05) is 0 Å². The number of carbonyl (C=O) groups is 1. The van der Waals surface area contributed by atoms with Gasteiger partial charge in [-0.3, -0.25) is 4.79 Å². The number of hydrogen-bond donors (Lipinski definition) is 0. The molecule has 3 aromatic rings. The van der Waals surface area contributed by atoms with Crippen LogP contribution in [0.25, 0.3) is 16.9 Å². The standard InChI is InChI=1S/C17H14FN3O/c1-11-4-3-5-16(12(11)2)21-17(15(10-22)19-20-21)13-6-8-14(18)9-7-13/h3-10H,1-2H3. The third-order valence-corrected chi connectivity index (χ3v) is 3.73. The Labute approximate surface area is 127 Å². The molecule has 5 heteroatoms. The maximum absolute atomic E-state index is 13.1. The smallest absolute Gasteiger partial charge is 0.172 e. The van der Waals surface area contributed by atoms with Crippen LogP contribution in [-0.2, 0) is 0 Å². The van der Waals surface area contributed by atoms with Crippen molar-refractivity contribution in [3.63, 3.8) is 0 Å². The highest BCUT2D eigenvalue weighted by atomic mass is 19.1. The lowest BCUT2D eigenvalue weighted by Gasteiger charge is -2.11. The molecule has 1 aromatic heterocycles. The van der Waals surface area contributed by atoms with E-state index in [1.807, 2.05) is 32.0 Å². The predicted molar refractivity (Wildman–Crippen MR) is 81.6 cm³/mol. The van der Waals surface area contributed by atoms with Crippen LogP contribution in [0.5, 0.6) is 0 Å². The van der Waals surface area contributed by atoms with E-state index >= 15 is 0 Å². The first kappa shape index (κ1) is 14.1. The quantitative estimate of drug-likeness (QED) is 0.695. The lowest BCUT2D eigenvalue weighted by Crippen LogP contribution is -2.03. The molecule has 0 saturated carbocycles. The summed E-state index contributed by atoms with van der Waals surface area (Å²) in [6, 6.07) is 11.8. The number of rotatable bonds is 3. The van der Waals surface area contributed by atoms with Gasteiger partial charge in [0.05, 0.1) is 5.69 Å². The first-order chi connectivity index (χ1) is 10.6. The van der Waals surface area contributed by atoms with E-state index in [0.29, 0.717) is 17.5 Å².